The molecule has 0 radical (unpaired) electrons. The predicted octanol–water partition coefficient (Wildman–Crippen LogP) is 0.398. The summed E-state index contributed by atoms with van der Waals surface area (Å²) < 4.78 is 1.51. The minimum atomic E-state index is 0. The third-order valence-corrected chi connectivity index (χ3v) is 1.15. The molecule has 3 nitrogen and oxygen atoms in total. The second-order valence-electron chi connectivity index (χ2n) is 1.82. The van der Waals surface area contributed by atoms with Crippen molar-refractivity contribution in [2.45, 2.75) is 6.92 Å². The molecule has 0 aliphatic rings. The molecule has 0 saturated heterocycles. The van der Waals surface area contributed by atoms with Gasteiger partial charge in [0.1, 0.15) is 0 Å². The first-order valence-electron chi connectivity index (χ1n) is 2.57. The fourth-order valence-electron chi connectivity index (χ4n) is 0.652. The minimum Gasteiger partial charge on any atom is -0.355 e. The molecule has 0 N–H and O–H groups in total. The van der Waals surface area contributed by atoms with Crippen LogP contribution in [0, 0.1) is 24.5 Å². The van der Waals surface area contributed by atoms with Gasteiger partial charge in [-0.3, -0.25) is 0 Å². The Morgan fingerprint density at radius 2 is 2.30 bits per heavy atom. The summed E-state index contributed by atoms with van der Waals surface area (Å²) >= 11 is 0. The first-order valence-corrected chi connectivity index (χ1v) is 2.57. The van der Waals surface area contributed by atoms with Crippen molar-refractivity contribution in [3.63, 3.8) is 0 Å². The summed E-state index contributed by atoms with van der Waals surface area (Å²) in [7, 11) is 1.72. The quantitative estimate of drug-likeness (QED) is 0.651. The van der Waals surface area contributed by atoms with Crippen LogP contribution in [0.2, 0.25) is 0 Å². The van der Waals surface area contributed by atoms with Crippen LogP contribution in [0.25, 0.3) is 0 Å². The number of hydrogen-bond acceptors (Lipinski definition) is 2. The van der Waals surface area contributed by atoms with Crippen LogP contribution < -0.4 is 0 Å². The Bertz CT molecular complexity index is 239. The molecule has 1 aromatic rings. The molecule has 52 valence electrons. The molecule has 10 heavy (non-hydrogen) atoms. The summed E-state index contributed by atoms with van der Waals surface area (Å²) in [5.74, 6) is 0. The van der Waals surface area contributed by atoms with E-state index >= 15 is 0 Å². The summed E-state index contributed by atoms with van der Waals surface area (Å²) in [5, 5.41) is 12.2. The molecule has 0 fully saturated rings. The number of aryl methyl sites for hydroxylation is 2. The van der Waals surface area contributed by atoms with Crippen LogP contribution in [-0.2, 0) is 28.1 Å². The van der Waals surface area contributed by atoms with Crippen molar-refractivity contribution in [3.05, 3.63) is 17.5 Å². The zero-order valence-electron chi connectivity index (χ0n) is 5.75. The Morgan fingerprint density at radius 1 is 1.70 bits per heavy atom. The molecule has 0 bridgehead atoms. The van der Waals surface area contributed by atoms with E-state index in [1.165, 1.54) is 4.68 Å². The van der Waals surface area contributed by atoms with Gasteiger partial charge in [0.2, 0.25) is 0 Å². The second kappa shape index (κ2) is 3.53. The first kappa shape index (κ1) is 9.39. The van der Waals surface area contributed by atoms with Crippen molar-refractivity contribution >= 4 is 0 Å². The molecular weight excluding hydrogens is 298 g/mol. The smallest absolute Gasteiger partial charge is 0.0181 e. The van der Waals surface area contributed by atoms with E-state index in [0.29, 0.717) is 5.69 Å². The molecule has 0 aliphatic carbocycles. The number of rotatable bonds is 0. The van der Waals surface area contributed by atoms with Gasteiger partial charge in [-0.15, -0.1) is 6.20 Å². The number of hydrogen-bond donors (Lipinski definition) is 0. The topological polar surface area (TPSA) is 41.6 Å². The van der Waals surface area contributed by atoms with Crippen molar-refractivity contribution in [1.82, 2.24) is 9.78 Å². The summed E-state index contributed by atoms with van der Waals surface area (Å²) in [6, 6.07) is 2.01. The minimum absolute atomic E-state index is 0. The van der Waals surface area contributed by atoms with Crippen LogP contribution in [0.3, 0.4) is 0 Å². The summed E-state index contributed by atoms with van der Waals surface area (Å²) in [5.41, 5.74) is 1.38. The largest absolute Gasteiger partial charge is 0.355 e. The van der Waals surface area contributed by atoms with Crippen LogP contribution in [0.4, 0.5) is 0 Å². The molecule has 1 heterocycles. The van der Waals surface area contributed by atoms with E-state index in [1.807, 2.05) is 13.0 Å². The Labute approximate surface area is 73.9 Å². The van der Waals surface area contributed by atoms with Crippen LogP contribution in [0.1, 0.15) is 11.3 Å². The summed E-state index contributed by atoms with van der Waals surface area (Å²) in [4.78, 5) is 0. The van der Waals surface area contributed by atoms with Crippen molar-refractivity contribution < 1.29 is 21.1 Å². The fraction of sp³-hybridized carbons (Fsp3) is 0.333. The average molecular weight is 304 g/mol. The van der Waals surface area contributed by atoms with E-state index in [1.54, 1.807) is 7.05 Å². The fourth-order valence-corrected chi connectivity index (χ4v) is 0.652. The van der Waals surface area contributed by atoms with Gasteiger partial charge >= 0.3 is 0 Å². The van der Waals surface area contributed by atoms with Crippen molar-refractivity contribution in [3.8, 4) is 6.07 Å². The monoisotopic (exact) mass is 304 g/mol. The molecule has 0 unspecified atom stereocenters. The van der Waals surface area contributed by atoms with E-state index in [0.717, 1.165) is 5.56 Å². The van der Waals surface area contributed by atoms with E-state index < -0.39 is 0 Å². The normalized spacial score (nSPS) is 8.10. The van der Waals surface area contributed by atoms with Gasteiger partial charge in [0.25, 0.3) is 0 Å². The van der Waals surface area contributed by atoms with Crippen molar-refractivity contribution in [2.75, 3.05) is 0 Å². The van der Waals surface area contributed by atoms with Gasteiger partial charge in [0.05, 0.1) is 0 Å². The zero-order chi connectivity index (χ0) is 6.85. The Balaban J connectivity index is 0.000000810. The van der Waals surface area contributed by atoms with Crippen molar-refractivity contribution in [1.29, 1.82) is 5.26 Å². The van der Waals surface area contributed by atoms with Crippen LogP contribution in [0.5, 0.6) is 0 Å². The summed E-state index contributed by atoms with van der Waals surface area (Å²) in [6.45, 7) is 1.81. The molecule has 0 aromatic carbocycles. The van der Waals surface area contributed by atoms with Crippen LogP contribution in [-0.4, -0.2) is 9.78 Å². The maximum absolute atomic E-state index is 8.46. The van der Waals surface area contributed by atoms with Gasteiger partial charge in [0.15, 0.2) is 0 Å². The maximum Gasteiger partial charge on any atom is 0.0181 e. The molecule has 0 aliphatic heterocycles. The molecule has 1 rings (SSSR count). The SMILES string of the molecule is Cc1[c-]nn(C)c1C#N.[W]. The van der Waals surface area contributed by atoms with Gasteiger partial charge < -0.3 is 9.78 Å². The van der Waals surface area contributed by atoms with Crippen LogP contribution >= 0.6 is 0 Å². The molecule has 1 aromatic heterocycles. The van der Waals surface area contributed by atoms with E-state index in [-0.39, 0.29) is 21.1 Å². The van der Waals surface area contributed by atoms with Crippen molar-refractivity contribution in [2.24, 2.45) is 7.05 Å². The van der Waals surface area contributed by atoms with Gasteiger partial charge in [-0.25, -0.2) is 5.26 Å². The summed E-state index contributed by atoms with van der Waals surface area (Å²) in [6.07, 6.45) is 2.68. The van der Waals surface area contributed by atoms with Gasteiger partial charge in [0, 0.05) is 34.2 Å². The Kier molecular flexibility index (Phi) is 3.31. The Hall–Kier alpha value is -0.612. The van der Waals surface area contributed by atoms with E-state index in [4.69, 9.17) is 5.26 Å². The molecule has 0 saturated carbocycles. The molecule has 4 heteroatoms. The maximum atomic E-state index is 8.46. The van der Waals surface area contributed by atoms with E-state index in [9.17, 15) is 0 Å². The third-order valence-electron chi connectivity index (χ3n) is 1.15. The molecule has 0 spiro atoms. The number of nitriles is 1. The van der Waals surface area contributed by atoms with Gasteiger partial charge in [-0.2, -0.15) is 5.56 Å². The molecular formula is C6H6N3W-. The Morgan fingerprint density at radius 3 is 2.50 bits per heavy atom. The predicted molar refractivity (Wildman–Crippen MR) is 31.5 cm³/mol. The standard InChI is InChI=1S/C6H6N3.W/c1-5-4-8-9(2)6(5)3-7;/h1-2H3;/q-1;. The number of aromatic nitrogens is 2. The van der Waals surface area contributed by atoms with Gasteiger partial charge in [-0.1, -0.05) is 6.92 Å². The first-order chi connectivity index (χ1) is 4.25. The third kappa shape index (κ3) is 1.46. The van der Waals surface area contributed by atoms with Crippen LogP contribution in [0.15, 0.2) is 0 Å². The van der Waals surface area contributed by atoms with E-state index in [2.05, 4.69) is 11.3 Å². The average Bonchev–Trinajstić information content (AvgIpc) is 2.12. The second-order valence-corrected chi connectivity index (χ2v) is 1.82. The molecule has 0 atom stereocenters. The van der Waals surface area contributed by atoms with Gasteiger partial charge in [-0.05, 0) is 5.69 Å². The number of nitrogens with zero attached hydrogens (tertiary/aromatic N) is 3. The zero-order valence-corrected chi connectivity index (χ0v) is 8.68. The molecule has 0 amide bonds.